The number of aryl methyl sites for hydroxylation is 1. The fourth-order valence-corrected chi connectivity index (χ4v) is 5.11. The van der Waals surface area contributed by atoms with Gasteiger partial charge in [0.15, 0.2) is 0 Å². The molecule has 10 heteroatoms. The quantitative estimate of drug-likeness (QED) is 0.355. The number of hydrazine groups is 1. The van der Waals surface area contributed by atoms with Gasteiger partial charge in [0.1, 0.15) is 18.1 Å². The van der Waals surface area contributed by atoms with E-state index in [9.17, 15) is 19.2 Å². The van der Waals surface area contributed by atoms with Crippen LogP contribution in [0.1, 0.15) is 63.9 Å². The number of esters is 1. The third kappa shape index (κ3) is 6.72. The Bertz CT molecular complexity index is 1030. The minimum Gasteiger partial charge on any atom is -0.433 e. The average molecular weight is 527 g/mol. The smallest absolute Gasteiger partial charge is 0.310 e. The van der Waals surface area contributed by atoms with E-state index in [2.05, 4.69) is 17.2 Å². The van der Waals surface area contributed by atoms with Crippen LogP contribution in [0.4, 0.5) is 0 Å². The molecule has 3 aliphatic heterocycles. The molecule has 3 heterocycles. The minimum atomic E-state index is -0.843. The number of hydrogen-bond donors (Lipinski definition) is 2. The molecule has 3 amide bonds. The van der Waals surface area contributed by atoms with Crippen LogP contribution in [-0.2, 0) is 35.1 Å². The zero-order chi connectivity index (χ0) is 27.1. The molecule has 0 aromatic heterocycles. The van der Waals surface area contributed by atoms with Crippen molar-refractivity contribution >= 4 is 23.7 Å². The van der Waals surface area contributed by atoms with Crippen LogP contribution in [0.15, 0.2) is 42.6 Å². The van der Waals surface area contributed by atoms with Crippen molar-refractivity contribution in [3.05, 3.63) is 48.2 Å². The number of allylic oxidation sites excluding steroid dienone is 1. The van der Waals surface area contributed by atoms with Gasteiger partial charge in [-0.05, 0) is 44.1 Å². The average Bonchev–Trinajstić information content (AvgIpc) is 3.22. The van der Waals surface area contributed by atoms with E-state index in [1.165, 1.54) is 5.01 Å². The van der Waals surface area contributed by atoms with Gasteiger partial charge < -0.3 is 20.1 Å². The molecule has 4 atom stereocenters. The first-order valence-corrected chi connectivity index (χ1v) is 13.6. The standard InChI is InChI=1S/C28H38N4O6/c1-3-4-17-37-28-22(18-25(34)38-28)30-26(35)23-11-8-16-31-19(2)12-14-21(27(36)32(23)31)29-24(33)15-13-20-9-6-5-7-10-20/h5-7,9-10,21-23,28H,2-4,8,11-18H2,1H3,(H,29,33)(H,30,35)/t21-,22-,23-,28+/m0/s1. The molecule has 1 aromatic carbocycles. The lowest BCUT2D eigenvalue weighted by Crippen LogP contribution is -2.63. The Hall–Kier alpha value is -3.40. The molecule has 38 heavy (non-hydrogen) atoms. The number of rotatable bonds is 10. The fraction of sp³-hybridized carbons (Fsp3) is 0.571. The zero-order valence-electron chi connectivity index (χ0n) is 22.0. The van der Waals surface area contributed by atoms with E-state index in [-0.39, 0.29) is 30.6 Å². The highest BCUT2D eigenvalue weighted by molar-refractivity contribution is 5.92. The van der Waals surface area contributed by atoms with Crippen LogP contribution in [0.2, 0.25) is 0 Å². The van der Waals surface area contributed by atoms with Crippen molar-refractivity contribution in [1.82, 2.24) is 20.7 Å². The van der Waals surface area contributed by atoms with E-state index in [1.807, 2.05) is 37.3 Å². The van der Waals surface area contributed by atoms with Crippen molar-refractivity contribution in [3.8, 4) is 0 Å². The molecule has 0 radical (unpaired) electrons. The monoisotopic (exact) mass is 526 g/mol. The van der Waals surface area contributed by atoms with Gasteiger partial charge in [0.25, 0.3) is 5.91 Å². The van der Waals surface area contributed by atoms with E-state index < -0.39 is 30.4 Å². The Kier molecular flexibility index (Phi) is 9.38. The molecule has 4 rings (SSSR count). The van der Waals surface area contributed by atoms with E-state index in [0.29, 0.717) is 45.3 Å². The highest BCUT2D eigenvalue weighted by Gasteiger charge is 2.45. The van der Waals surface area contributed by atoms with Crippen LogP contribution >= 0.6 is 0 Å². The molecule has 0 unspecified atom stereocenters. The molecular formula is C28H38N4O6. The second-order valence-electron chi connectivity index (χ2n) is 10.1. The largest absolute Gasteiger partial charge is 0.433 e. The van der Waals surface area contributed by atoms with Gasteiger partial charge >= 0.3 is 5.97 Å². The SMILES string of the molecule is C=C1CC[C@H](NC(=O)CCc2ccccc2)C(=O)N2[C@H](C(=O)N[C@H]3CC(=O)O[C@H]3OCCCC)CCCN12. The number of unbranched alkanes of at least 4 members (excludes halogenated alkanes) is 1. The van der Waals surface area contributed by atoms with Crippen LogP contribution in [0.25, 0.3) is 0 Å². The summed E-state index contributed by atoms with van der Waals surface area (Å²) in [5, 5.41) is 9.02. The van der Waals surface area contributed by atoms with Gasteiger partial charge in [0, 0.05) is 18.7 Å². The predicted molar refractivity (Wildman–Crippen MR) is 139 cm³/mol. The molecule has 1 aromatic rings. The van der Waals surface area contributed by atoms with E-state index in [1.54, 1.807) is 5.01 Å². The Morgan fingerprint density at radius 2 is 1.95 bits per heavy atom. The topological polar surface area (TPSA) is 117 Å². The van der Waals surface area contributed by atoms with Crippen molar-refractivity contribution in [1.29, 1.82) is 0 Å². The van der Waals surface area contributed by atoms with Gasteiger partial charge in [-0.2, -0.15) is 0 Å². The number of carbonyl (C=O) groups excluding carboxylic acids is 4. The molecule has 0 saturated carbocycles. The van der Waals surface area contributed by atoms with Gasteiger partial charge in [-0.3, -0.25) is 24.2 Å². The van der Waals surface area contributed by atoms with Crippen LogP contribution in [0.5, 0.6) is 0 Å². The molecule has 206 valence electrons. The van der Waals surface area contributed by atoms with Gasteiger partial charge in [0.05, 0.1) is 13.0 Å². The van der Waals surface area contributed by atoms with Crippen LogP contribution in [0.3, 0.4) is 0 Å². The molecule has 3 fully saturated rings. The molecule has 3 aliphatic rings. The van der Waals surface area contributed by atoms with Gasteiger partial charge in [-0.15, -0.1) is 0 Å². The molecule has 10 nitrogen and oxygen atoms in total. The highest BCUT2D eigenvalue weighted by atomic mass is 16.7. The maximum absolute atomic E-state index is 13.7. The Labute approximate surface area is 223 Å². The van der Waals surface area contributed by atoms with E-state index in [0.717, 1.165) is 24.1 Å². The Balaban J connectivity index is 1.42. The summed E-state index contributed by atoms with van der Waals surface area (Å²) >= 11 is 0. The number of cyclic esters (lactones) is 1. The number of ether oxygens (including phenoxy) is 2. The van der Waals surface area contributed by atoms with Crippen molar-refractivity contribution in [2.75, 3.05) is 13.2 Å². The molecule has 0 bridgehead atoms. The van der Waals surface area contributed by atoms with Gasteiger partial charge in [-0.1, -0.05) is 50.3 Å². The number of nitrogens with zero attached hydrogens (tertiary/aromatic N) is 2. The molecule has 0 spiro atoms. The first-order valence-electron chi connectivity index (χ1n) is 13.6. The Morgan fingerprint density at radius 1 is 1.16 bits per heavy atom. The number of fused-ring (bicyclic) bond motifs is 1. The van der Waals surface area contributed by atoms with Crippen molar-refractivity contribution < 1.29 is 28.7 Å². The number of amides is 3. The summed E-state index contributed by atoms with van der Waals surface area (Å²) in [4.78, 5) is 51.9. The summed E-state index contributed by atoms with van der Waals surface area (Å²) in [5.74, 6) is -1.34. The summed E-state index contributed by atoms with van der Waals surface area (Å²) in [6, 6.07) is 7.54. The highest BCUT2D eigenvalue weighted by Crippen LogP contribution is 2.29. The summed E-state index contributed by atoms with van der Waals surface area (Å²) in [6.45, 7) is 7.17. The third-order valence-corrected chi connectivity index (χ3v) is 7.21. The molecular weight excluding hydrogens is 488 g/mol. The molecule has 0 aliphatic carbocycles. The minimum absolute atomic E-state index is 0.0136. The van der Waals surface area contributed by atoms with Crippen molar-refractivity contribution in [2.24, 2.45) is 0 Å². The van der Waals surface area contributed by atoms with Crippen LogP contribution in [0, 0.1) is 0 Å². The van der Waals surface area contributed by atoms with Crippen molar-refractivity contribution in [3.63, 3.8) is 0 Å². The van der Waals surface area contributed by atoms with Gasteiger partial charge in [0.2, 0.25) is 18.1 Å². The summed E-state index contributed by atoms with van der Waals surface area (Å²) < 4.78 is 10.9. The molecule has 3 saturated heterocycles. The van der Waals surface area contributed by atoms with Crippen molar-refractivity contribution in [2.45, 2.75) is 89.1 Å². The maximum Gasteiger partial charge on any atom is 0.310 e. The fourth-order valence-electron chi connectivity index (χ4n) is 5.11. The summed E-state index contributed by atoms with van der Waals surface area (Å²) in [7, 11) is 0. The predicted octanol–water partition coefficient (Wildman–Crippen LogP) is 2.19. The first kappa shape index (κ1) is 27.6. The number of benzene rings is 1. The number of nitrogens with one attached hydrogen (secondary N) is 2. The van der Waals surface area contributed by atoms with Gasteiger partial charge in [-0.25, -0.2) is 5.01 Å². The lowest BCUT2D eigenvalue weighted by molar-refractivity contribution is -0.168. The Morgan fingerprint density at radius 3 is 2.71 bits per heavy atom. The summed E-state index contributed by atoms with van der Waals surface area (Å²) in [5.41, 5.74) is 1.78. The lowest BCUT2D eigenvalue weighted by atomic mass is 10.0. The molecule has 2 N–H and O–H groups in total. The first-order chi connectivity index (χ1) is 18.4. The maximum atomic E-state index is 13.7. The number of hydrogen-bond acceptors (Lipinski definition) is 7. The second kappa shape index (κ2) is 12.9. The van der Waals surface area contributed by atoms with E-state index in [4.69, 9.17) is 9.47 Å². The lowest BCUT2D eigenvalue weighted by Gasteiger charge is -2.45. The van der Waals surface area contributed by atoms with Crippen LogP contribution < -0.4 is 10.6 Å². The van der Waals surface area contributed by atoms with E-state index >= 15 is 0 Å². The van der Waals surface area contributed by atoms with Crippen LogP contribution in [-0.4, -0.2) is 71.3 Å². The second-order valence-corrected chi connectivity index (χ2v) is 10.1. The normalized spacial score (nSPS) is 25.4. The third-order valence-electron chi connectivity index (χ3n) is 7.21. The number of carbonyl (C=O) groups is 4. The summed E-state index contributed by atoms with van der Waals surface area (Å²) in [6.07, 6.45) is 3.85. The zero-order valence-corrected chi connectivity index (χ0v) is 22.0.